The topological polar surface area (TPSA) is 60.2 Å². The predicted octanol–water partition coefficient (Wildman–Crippen LogP) is 2.40. The van der Waals surface area contributed by atoms with Crippen molar-refractivity contribution in [3.8, 4) is 0 Å². The summed E-state index contributed by atoms with van der Waals surface area (Å²) in [5.41, 5.74) is 6.37. The number of anilines is 2. The molecule has 1 unspecified atom stereocenters. The van der Waals surface area contributed by atoms with E-state index in [1.54, 1.807) is 19.4 Å². The maximum Gasteiger partial charge on any atom is 0.149 e. The Morgan fingerprint density at radius 1 is 1.56 bits per heavy atom. The van der Waals surface area contributed by atoms with Gasteiger partial charge in [0.2, 0.25) is 0 Å². The van der Waals surface area contributed by atoms with E-state index >= 15 is 0 Å². The molecule has 16 heavy (non-hydrogen) atoms. The number of rotatable bonds is 5. The lowest BCUT2D eigenvalue weighted by molar-refractivity contribution is 0.171. The van der Waals surface area contributed by atoms with Gasteiger partial charge in [0, 0.05) is 13.3 Å². The number of hydrogen-bond acceptors (Lipinski definition) is 4. The van der Waals surface area contributed by atoms with Crippen molar-refractivity contribution >= 4 is 23.1 Å². The quantitative estimate of drug-likeness (QED) is 0.834. The van der Waals surface area contributed by atoms with Crippen molar-refractivity contribution in [3.05, 3.63) is 17.3 Å². The second-order valence-corrected chi connectivity index (χ2v) is 4.48. The Kier molecular flexibility index (Phi) is 4.83. The summed E-state index contributed by atoms with van der Waals surface area (Å²) in [6, 6.07) is 1.86. The van der Waals surface area contributed by atoms with Gasteiger partial charge in [-0.05, 0) is 12.0 Å². The van der Waals surface area contributed by atoms with E-state index in [1.807, 2.05) is 0 Å². The van der Waals surface area contributed by atoms with Crippen LogP contribution >= 0.6 is 11.6 Å². The van der Waals surface area contributed by atoms with Gasteiger partial charge in [-0.15, -0.1) is 0 Å². The van der Waals surface area contributed by atoms with Crippen molar-refractivity contribution in [2.45, 2.75) is 19.9 Å². The molecule has 0 aromatic carbocycles. The van der Waals surface area contributed by atoms with Crippen LogP contribution in [0, 0.1) is 5.92 Å². The molecule has 0 saturated heterocycles. The van der Waals surface area contributed by atoms with Gasteiger partial charge in [0.05, 0.1) is 23.4 Å². The highest BCUT2D eigenvalue weighted by Crippen LogP contribution is 2.21. The van der Waals surface area contributed by atoms with Crippen molar-refractivity contribution in [2.75, 3.05) is 24.8 Å². The van der Waals surface area contributed by atoms with Crippen molar-refractivity contribution < 1.29 is 4.74 Å². The van der Waals surface area contributed by atoms with Gasteiger partial charge in [-0.1, -0.05) is 25.4 Å². The van der Waals surface area contributed by atoms with Gasteiger partial charge >= 0.3 is 0 Å². The number of nitrogen functional groups attached to an aromatic ring is 1. The average molecular weight is 244 g/mol. The van der Waals surface area contributed by atoms with Crippen molar-refractivity contribution in [1.29, 1.82) is 0 Å². The van der Waals surface area contributed by atoms with Crippen molar-refractivity contribution in [1.82, 2.24) is 4.98 Å². The molecule has 0 spiro atoms. The third kappa shape index (κ3) is 3.54. The summed E-state index contributed by atoms with van der Waals surface area (Å²) >= 11 is 5.78. The van der Waals surface area contributed by atoms with E-state index in [-0.39, 0.29) is 6.04 Å². The molecule has 4 nitrogen and oxygen atoms in total. The lowest BCUT2D eigenvalue weighted by Gasteiger charge is -2.22. The van der Waals surface area contributed by atoms with Crippen LogP contribution in [0.25, 0.3) is 0 Å². The number of ether oxygens (including phenoxy) is 1. The number of nitrogens with zero attached hydrogens (tertiary/aromatic N) is 1. The Balaban J connectivity index is 2.77. The number of halogens is 1. The number of methoxy groups -OCH3 is 1. The summed E-state index contributed by atoms with van der Waals surface area (Å²) in [5, 5.41) is 3.79. The molecule has 1 aromatic heterocycles. The molecule has 0 fully saturated rings. The largest absolute Gasteiger partial charge is 0.396 e. The first-order chi connectivity index (χ1) is 7.54. The third-order valence-electron chi connectivity index (χ3n) is 2.36. The minimum atomic E-state index is 0.181. The predicted molar refractivity (Wildman–Crippen MR) is 67.8 cm³/mol. The Labute approximate surface area is 101 Å². The molecule has 0 aliphatic heterocycles. The Morgan fingerprint density at radius 2 is 2.25 bits per heavy atom. The summed E-state index contributed by atoms with van der Waals surface area (Å²) in [7, 11) is 1.68. The molecule has 0 saturated carbocycles. The first-order valence-corrected chi connectivity index (χ1v) is 5.59. The second kappa shape index (κ2) is 5.92. The van der Waals surface area contributed by atoms with E-state index < -0.39 is 0 Å². The van der Waals surface area contributed by atoms with E-state index in [4.69, 9.17) is 22.1 Å². The van der Waals surface area contributed by atoms with Crippen molar-refractivity contribution in [3.63, 3.8) is 0 Å². The van der Waals surface area contributed by atoms with Crippen LogP contribution in [0.2, 0.25) is 5.02 Å². The normalized spacial score (nSPS) is 12.8. The molecular formula is C11H18ClN3O. The lowest BCUT2D eigenvalue weighted by Crippen LogP contribution is -2.31. The summed E-state index contributed by atoms with van der Waals surface area (Å²) in [5.74, 6) is 1.08. The third-order valence-corrected chi connectivity index (χ3v) is 2.56. The fourth-order valence-corrected chi connectivity index (χ4v) is 1.50. The van der Waals surface area contributed by atoms with Crippen LogP contribution < -0.4 is 11.1 Å². The average Bonchev–Trinajstić information content (AvgIpc) is 2.20. The van der Waals surface area contributed by atoms with Gasteiger partial charge in [0.25, 0.3) is 0 Å². The van der Waals surface area contributed by atoms with E-state index in [2.05, 4.69) is 24.1 Å². The smallest absolute Gasteiger partial charge is 0.149 e. The number of pyridine rings is 1. The molecule has 1 aromatic rings. The van der Waals surface area contributed by atoms with Crippen molar-refractivity contribution in [2.24, 2.45) is 5.92 Å². The highest BCUT2D eigenvalue weighted by molar-refractivity contribution is 6.30. The van der Waals surface area contributed by atoms with Crippen LogP contribution in [0.3, 0.4) is 0 Å². The van der Waals surface area contributed by atoms with Crippen LogP contribution in [0.5, 0.6) is 0 Å². The number of hydrogen-bond donors (Lipinski definition) is 2. The van der Waals surface area contributed by atoms with E-state index in [0.29, 0.717) is 29.1 Å². The van der Waals surface area contributed by atoms with Crippen LogP contribution in [0.4, 0.5) is 11.5 Å². The van der Waals surface area contributed by atoms with Gasteiger partial charge in [0.1, 0.15) is 5.82 Å². The standard InChI is InChI=1S/C11H18ClN3O/c1-7(2)10(6-16-3)15-11-9(13)4-8(12)5-14-11/h4-5,7,10H,6,13H2,1-3H3,(H,14,15). The number of aromatic nitrogens is 1. The van der Waals surface area contributed by atoms with E-state index in [1.165, 1.54) is 0 Å². The summed E-state index contributed by atoms with van der Waals surface area (Å²) in [6.07, 6.45) is 1.57. The van der Waals surface area contributed by atoms with Gasteiger partial charge in [-0.2, -0.15) is 0 Å². The summed E-state index contributed by atoms with van der Waals surface area (Å²) in [4.78, 5) is 4.16. The SMILES string of the molecule is COCC(Nc1ncc(Cl)cc1N)C(C)C. The van der Waals surface area contributed by atoms with E-state index in [9.17, 15) is 0 Å². The Hall–Kier alpha value is -1.00. The molecule has 90 valence electrons. The first kappa shape index (κ1) is 13.1. The fourth-order valence-electron chi connectivity index (χ4n) is 1.33. The molecule has 3 N–H and O–H groups in total. The highest BCUT2D eigenvalue weighted by atomic mass is 35.5. The fraction of sp³-hybridized carbons (Fsp3) is 0.545. The minimum Gasteiger partial charge on any atom is -0.396 e. The van der Waals surface area contributed by atoms with Crippen LogP contribution in [0.1, 0.15) is 13.8 Å². The Bertz CT molecular complexity index is 344. The molecule has 0 amide bonds. The molecule has 1 heterocycles. The molecule has 1 rings (SSSR count). The number of nitrogens with one attached hydrogen (secondary N) is 1. The van der Waals surface area contributed by atoms with Crippen LogP contribution in [0.15, 0.2) is 12.3 Å². The monoisotopic (exact) mass is 243 g/mol. The second-order valence-electron chi connectivity index (χ2n) is 4.04. The molecule has 0 bridgehead atoms. The van der Waals surface area contributed by atoms with Crippen LogP contribution in [-0.4, -0.2) is 24.7 Å². The van der Waals surface area contributed by atoms with Crippen LogP contribution in [-0.2, 0) is 4.74 Å². The van der Waals surface area contributed by atoms with Gasteiger partial charge < -0.3 is 15.8 Å². The number of nitrogens with two attached hydrogens (primary N) is 1. The van der Waals surface area contributed by atoms with E-state index in [0.717, 1.165) is 0 Å². The van der Waals surface area contributed by atoms with Gasteiger partial charge in [-0.3, -0.25) is 0 Å². The zero-order valence-electron chi connectivity index (χ0n) is 9.83. The zero-order valence-corrected chi connectivity index (χ0v) is 10.6. The summed E-state index contributed by atoms with van der Waals surface area (Å²) < 4.78 is 5.14. The maximum absolute atomic E-state index is 5.82. The van der Waals surface area contributed by atoms with Gasteiger partial charge in [-0.25, -0.2) is 4.98 Å². The molecule has 1 atom stereocenters. The highest BCUT2D eigenvalue weighted by Gasteiger charge is 2.14. The molecule has 0 aliphatic rings. The maximum atomic E-state index is 5.82. The molecule has 5 heteroatoms. The minimum absolute atomic E-state index is 0.181. The Morgan fingerprint density at radius 3 is 2.75 bits per heavy atom. The summed E-state index contributed by atoms with van der Waals surface area (Å²) in [6.45, 7) is 4.84. The molecule has 0 aliphatic carbocycles. The zero-order chi connectivity index (χ0) is 12.1. The lowest BCUT2D eigenvalue weighted by atomic mass is 10.1. The molecular weight excluding hydrogens is 226 g/mol. The first-order valence-electron chi connectivity index (χ1n) is 5.21. The van der Waals surface area contributed by atoms with Gasteiger partial charge in [0.15, 0.2) is 0 Å². The molecule has 0 radical (unpaired) electrons.